The molecule has 238 valence electrons. The van der Waals surface area contributed by atoms with Crippen LogP contribution in [0, 0.1) is 11.8 Å². The first-order valence-electron chi connectivity index (χ1n) is 17.5. The van der Waals surface area contributed by atoms with Gasteiger partial charge in [-0.05, 0) is 90.8 Å². The van der Waals surface area contributed by atoms with Crippen molar-refractivity contribution in [3.63, 3.8) is 0 Å². The maximum Gasteiger partial charge on any atom is 0.0539 e. The Kier molecular flexibility index (Phi) is 8.79. The fourth-order valence-corrected chi connectivity index (χ4v) is 7.37. The van der Waals surface area contributed by atoms with Crippen LogP contribution in [0.5, 0.6) is 0 Å². The molecule has 0 amide bonds. The minimum atomic E-state index is 0.312. The lowest BCUT2D eigenvalue weighted by Crippen LogP contribution is -2.25. The average molecular weight is 633 g/mol. The zero-order valence-electron chi connectivity index (χ0n) is 27.7. The minimum absolute atomic E-state index is 0.312. The molecule has 2 nitrogen and oxygen atoms in total. The third kappa shape index (κ3) is 6.40. The number of anilines is 2. The quantitative estimate of drug-likeness (QED) is 0.239. The maximum atomic E-state index is 3.34. The molecule has 3 aromatic carbocycles. The van der Waals surface area contributed by atoms with E-state index in [1.54, 1.807) is 0 Å². The van der Waals surface area contributed by atoms with Crippen LogP contribution in [-0.4, -0.2) is 4.90 Å². The first-order chi connectivity index (χ1) is 24.3. The summed E-state index contributed by atoms with van der Waals surface area (Å²) in [5.41, 5.74) is 13.2. The van der Waals surface area contributed by atoms with Crippen LogP contribution in [0.2, 0.25) is 0 Å². The van der Waals surface area contributed by atoms with Gasteiger partial charge in [0.05, 0.1) is 11.4 Å². The van der Waals surface area contributed by atoms with Crippen LogP contribution in [0.15, 0.2) is 222 Å². The van der Waals surface area contributed by atoms with E-state index in [0.717, 1.165) is 37.1 Å². The molecule has 5 aliphatic carbocycles. The van der Waals surface area contributed by atoms with Gasteiger partial charge in [0, 0.05) is 46.1 Å². The Balaban J connectivity index is 1.10. The number of nitrogens with zero attached hydrogens (tertiary/aromatic N) is 2. The fourth-order valence-electron chi connectivity index (χ4n) is 7.37. The number of hydrogen-bond donors (Lipinski definition) is 0. The largest absolute Gasteiger partial charge is 0.310 e. The molecular weight excluding hydrogens is 593 g/mol. The summed E-state index contributed by atoms with van der Waals surface area (Å²) in [4.78, 5) is 4.83. The van der Waals surface area contributed by atoms with E-state index in [1.807, 2.05) is 12.2 Å². The Labute approximate surface area is 290 Å². The molecule has 0 saturated carbocycles. The van der Waals surface area contributed by atoms with E-state index in [4.69, 9.17) is 0 Å². The molecule has 0 aromatic heterocycles. The molecule has 2 heteroatoms. The predicted octanol–water partition coefficient (Wildman–Crippen LogP) is 12.0. The van der Waals surface area contributed by atoms with E-state index >= 15 is 0 Å². The monoisotopic (exact) mass is 632 g/mol. The predicted molar refractivity (Wildman–Crippen MR) is 207 cm³/mol. The Bertz CT molecular complexity index is 2160. The Morgan fingerprint density at radius 1 is 0.592 bits per heavy atom. The van der Waals surface area contributed by atoms with E-state index in [9.17, 15) is 0 Å². The molecule has 0 spiro atoms. The first-order valence-corrected chi connectivity index (χ1v) is 17.5. The van der Waals surface area contributed by atoms with Crippen LogP contribution in [-0.2, 0) is 0 Å². The van der Waals surface area contributed by atoms with Gasteiger partial charge in [0.25, 0.3) is 0 Å². The second-order valence-corrected chi connectivity index (χ2v) is 12.9. The number of fused-ring (bicyclic) bond motifs is 2. The smallest absolute Gasteiger partial charge is 0.0539 e. The summed E-state index contributed by atoms with van der Waals surface area (Å²) in [6.45, 7) is 0. The van der Waals surface area contributed by atoms with Gasteiger partial charge in [-0.25, -0.2) is 0 Å². The van der Waals surface area contributed by atoms with Crippen LogP contribution in [0.1, 0.15) is 25.7 Å². The second kappa shape index (κ2) is 14.1. The molecule has 49 heavy (non-hydrogen) atoms. The van der Waals surface area contributed by atoms with Gasteiger partial charge in [-0.2, -0.15) is 0 Å². The third-order valence-electron chi connectivity index (χ3n) is 9.79. The molecule has 0 saturated heterocycles. The highest BCUT2D eigenvalue weighted by atomic mass is 15.2. The summed E-state index contributed by atoms with van der Waals surface area (Å²) in [6.07, 6.45) is 44.6. The van der Waals surface area contributed by atoms with Gasteiger partial charge in [-0.1, -0.05) is 128 Å². The molecule has 0 radical (unpaired) electrons. The zero-order chi connectivity index (χ0) is 32.8. The van der Waals surface area contributed by atoms with Gasteiger partial charge < -0.3 is 9.80 Å². The number of para-hydroxylation sites is 1. The Morgan fingerprint density at radius 2 is 1.45 bits per heavy atom. The van der Waals surface area contributed by atoms with Crippen LogP contribution in [0.25, 0.3) is 10.8 Å². The van der Waals surface area contributed by atoms with Crippen molar-refractivity contribution < 1.29 is 0 Å². The van der Waals surface area contributed by atoms with Crippen LogP contribution < -0.4 is 4.90 Å². The number of hydrogen-bond acceptors (Lipinski definition) is 2. The van der Waals surface area contributed by atoms with Crippen molar-refractivity contribution in [2.75, 3.05) is 4.90 Å². The van der Waals surface area contributed by atoms with Gasteiger partial charge in [-0.3, -0.25) is 0 Å². The second-order valence-electron chi connectivity index (χ2n) is 12.9. The van der Waals surface area contributed by atoms with Gasteiger partial charge >= 0.3 is 0 Å². The molecule has 0 heterocycles. The third-order valence-corrected chi connectivity index (χ3v) is 9.79. The molecule has 3 aromatic rings. The molecular formula is C47H40N2. The average Bonchev–Trinajstić information content (AvgIpc) is 3.43. The summed E-state index contributed by atoms with van der Waals surface area (Å²) in [7, 11) is 0. The van der Waals surface area contributed by atoms with Crippen LogP contribution in [0.4, 0.5) is 11.4 Å². The van der Waals surface area contributed by atoms with Crippen molar-refractivity contribution in [2.24, 2.45) is 11.8 Å². The lowest BCUT2D eigenvalue weighted by atomic mass is 9.85. The molecule has 2 unspecified atom stereocenters. The first kappa shape index (κ1) is 30.5. The zero-order valence-corrected chi connectivity index (χ0v) is 27.7. The molecule has 5 aliphatic rings. The number of allylic oxidation sites excluding steroid dienone is 19. The van der Waals surface area contributed by atoms with E-state index < -0.39 is 0 Å². The van der Waals surface area contributed by atoms with Crippen molar-refractivity contribution in [1.29, 1.82) is 0 Å². The number of rotatable bonds is 7. The normalized spacial score (nSPS) is 22.0. The Hall–Kier alpha value is -5.82. The highest BCUT2D eigenvalue weighted by Gasteiger charge is 2.26. The van der Waals surface area contributed by atoms with E-state index in [-0.39, 0.29) is 0 Å². The van der Waals surface area contributed by atoms with Crippen molar-refractivity contribution in [2.45, 2.75) is 25.7 Å². The molecule has 8 rings (SSSR count). The number of benzene rings is 3. The van der Waals surface area contributed by atoms with Gasteiger partial charge in [0.1, 0.15) is 0 Å². The van der Waals surface area contributed by atoms with E-state index in [2.05, 4.69) is 186 Å². The highest BCUT2D eigenvalue weighted by molar-refractivity contribution is 5.97. The molecule has 0 bridgehead atoms. The lowest BCUT2D eigenvalue weighted by Gasteiger charge is -2.35. The maximum absolute atomic E-state index is 3.34. The van der Waals surface area contributed by atoms with E-state index in [0.29, 0.717) is 11.8 Å². The summed E-state index contributed by atoms with van der Waals surface area (Å²) in [6, 6.07) is 26.0. The Morgan fingerprint density at radius 3 is 2.37 bits per heavy atom. The molecule has 0 aliphatic heterocycles. The van der Waals surface area contributed by atoms with Crippen molar-refractivity contribution in [1.82, 2.24) is 4.90 Å². The highest BCUT2D eigenvalue weighted by Crippen LogP contribution is 2.39. The summed E-state index contributed by atoms with van der Waals surface area (Å²) in [5.74, 6) is 0.721. The summed E-state index contributed by atoms with van der Waals surface area (Å²) in [5, 5.41) is 2.49. The summed E-state index contributed by atoms with van der Waals surface area (Å²) >= 11 is 0. The lowest BCUT2D eigenvalue weighted by molar-refractivity contribution is 0.542. The minimum Gasteiger partial charge on any atom is -0.310 e. The van der Waals surface area contributed by atoms with Crippen molar-refractivity contribution in [3.05, 3.63) is 222 Å². The van der Waals surface area contributed by atoms with Gasteiger partial charge in [0.2, 0.25) is 0 Å². The molecule has 2 atom stereocenters. The SMILES string of the molecule is C1=CC=CC=C(N(C2=CCC(C3=CCC/C=C(\N(c4ccccc4)c4cccc5ccccc45)C=C3)C=C2)C2=C3C=CC=CC3CC=C2)C=1. The van der Waals surface area contributed by atoms with Crippen LogP contribution in [0.3, 0.4) is 0 Å². The fraction of sp³-hybridized carbons (Fsp3) is 0.128. The topological polar surface area (TPSA) is 6.48 Å². The van der Waals surface area contributed by atoms with Crippen molar-refractivity contribution in [3.8, 4) is 0 Å². The van der Waals surface area contributed by atoms with E-state index in [1.165, 1.54) is 44.7 Å². The van der Waals surface area contributed by atoms with Gasteiger partial charge in [-0.15, -0.1) is 5.73 Å². The summed E-state index contributed by atoms with van der Waals surface area (Å²) < 4.78 is 0. The molecule has 0 fully saturated rings. The standard InChI is InChI=1S/C47H40N2/c1-2-5-22-41(21-4-1)49(47-29-15-20-39-18-10-13-27-45(39)47)43-34-31-37(32-35-43)36-16-8-11-25-42(33-30-36)48(40-23-6-3-7-24-40)46-28-14-19-38-17-9-12-26-44(38)46/h1-4,6-7,9-10,12-19,21-31,33-35,37,39H,8,11,20,32H2/b33-30?,36-16?,42-25-. The van der Waals surface area contributed by atoms with Crippen LogP contribution >= 0.6 is 0 Å². The molecule has 0 N–H and O–H groups in total. The van der Waals surface area contributed by atoms with Crippen molar-refractivity contribution >= 4 is 22.1 Å². The van der Waals surface area contributed by atoms with Gasteiger partial charge in [0.15, 0.2) is 0 Å².